The summed E-state index contributed by atoms with van der Waals surface area (Å²) in [4.78, 5) is 6.97. The molecule has 0 radical (unpaired) electrons. The van der Waals surface area contributed by atoms with Crippen molar-refractivity contribution in [3.05, 3.63) is 242 Å². The SMILES string of the molecule is [2H]c1cc(-c2cccc(-c3c([2H])c([2H])c([2H])c([2H])c3[2H])c2-[n+]2[c-]n(-c3[c-]c(N4c5[c-]c6c(cc5Oc5ccccc5Oc5ccccc54)c4ccccc4n6-c4cc(C(C)(C)C)ccn4)ccc3)c3ccccc32)c([2H])c([2H])c1[2H].[Pt]. The Labute approximate surface area is 445 Å². The largest absolute Gasteiger partial charge is 0.511 e. The molecular weight excluding hydrogens is 1070 g/mol. The minimum absolute atomic E-state index is 0. The van der Waals surface area contributed by atoms with Crippen molar-refractivity contribution in [2.24, 2.45) is 0 Å². The summed E-state index contributed by atoms with van der Waals surface area (Å²) in [7, 11) is 0. The van der Waals surface area contributed by atoms with Crippen LogP contribution in [0.3, 0.4) is 0 Å². The summed E-state index contributed by atoms with van der Waals surface area (Å²) in [6.07, 6.45) is 5.39. The number of benzene rings is 9. The predicted molar refractivity (Wildman–Crippen MR) is 284 cm³/mol. The minimum Gasteiger partial charge on any atom is -0.511 e. The first-order valence-corrected chi connectivity index (χ1v) is 23.1. The predicted octanol–water partition coefficient (Wildman–Crippen LogP) is 15.8. The second-order valence-corrected chi connectivity index (χ2v) is 18.2. The molecule has 0 spiro atoms. The van der Waals surface area contributed by atoms with E-state index in [9.17, 15) is 0 Å². The Balaban J connectivity index is 0.00000651. The van der Waals surface area contributed by atoms with E-state index in [0.717, 1.165) is 33.2 Å². The smallest absolute Gasteiger partial charge is 0.268 e. The normalized spacial score (nSPS) is 13.9. The van der Waals surface area contributed by atoms with Gasteiger partial charge < -0.3 is 23.5 Å². The molecule has 0 bridgehead atoms. The van der Waals surface area contributed by atoms with E-state index in [1.54, 1.807) is 22.8 Å². The molecule has 8 heteroatoms. The van der Waals surface area contributed by atoms with Crippen molar-refractivity contribution in [1.29, 1.82) is 0 Å². The van der Waals surface area contributed by atoms with Gasteiger partial charge in [-0.05, 0) is 92.5 Å². The number of aromatic nitrogens is 4. The summed E-state index contributed by atoms with van der Waals surface area (Å²) >= 11 is 0. The van der Waals surface area contributed by atoms with Crippen LogP contribution in [0.15, 0.2) is 218 Å². The van der Waals surface area contributed by atoms with E-state index in [4.69, 9.17) is 26.8 Å². The number of para-hydroxylation sites is 8. The maximum Gasteiger partial charge on any atom is 0.268 e. The molecule has 4 heterocycles. The first-order chi connectivity index (χ1) is 38.6. The van der Waals surface area contributed by atoms with E-state index < -0.39 is 42.3 Å². The van der Waals surface area contributed by atoms with Crippen LogP contribution in [0.2, 0.25) is 0 Å². The monoisotopic (exact) mass is 1120 g/mol. The topological polar surface area (TPSA) is 48.3 Å². The van der Waals surface area contributed by atoms with Crippen LogP contribution in [0.25, 0.3) is 72.3 Å². The van der Waals surface area contributed by atoms with Gasteiger partial charge >= 0.3 is 0 Å². The Hall–Kier alpha value is -8.51. The molecule has 0 unspecified atom stereocenters. The van der Waals surface area contributed by atoms with E-state index in [2.05, 4.69) is 62.0 Å². The molecule has 13 rings (SSSR count). The van der Waals surface area contributed by atoms with Gasteiger partial charge in [0.25, 0.3) is 6.33 Å². The minimum atomic E-state index is -0.555. The Morgan fingerprint density at radius 3 is 2.03 bits per heavy atom. The van der Waals surface area contributed by atoms with Crippen molar-refractivity contribution in [2.45, 2.75) is 26.2 Å². The molecule has 0 saturated carbocycles. The summed E-state index contributed by atoms with van der Waals surface area (Å²) in [5, 5.41) is 1.86. The first-order valence-electron chi connectivity index (χ1n) is 27.6. The zero-order valence-corrected chi connectivity index (χ0v) is 41.2. The number of imidazole rings is 1. The van der Waals surface area contributed by atoms with Gasteiger partial charge in [-0.1, -0.05) is 183 Å². The van der Waals surface area contributed by atoms with Crippen molar-refractivity contribution >= 4 is 49.9 Å². The van der Waals surface area contributed by atoms with Gasteiger partial charge in [0.15, 0.2) is 17.2 Å². The van der Waals surface area contributed by atoms with Crippen molar-refractivity contribution in [2.75, 3.05) is 4.90 Å². The summed E-state index contributed by atoms with van der Waals surface area (Å²) in [5.41, 5.74) is 6.90. The van der Waals surface area contributed by atoms with Crippen molar-refractivity contribution in [3.8, 4) is 62.4 Å². The molecule has 1 aliphatic rings. The Morgan fingerprint density at radius 1 is 0.569 bits per heavy atom. The molecule has 0 N–H and O–H groups in total. The Kier molecular flexibility index (Phi) is 8.90. The summed E-state index contributed by atoms with van der Waals surface area (Å²) in [6.45, 7) is 6.54. The van der Waals surface area contributed by atoms with E-state index in [-0.39, 0.29) is 60.9 Å². The number of nitrogens with zero attached hydrogens (tertiary/aromatic N) is 5. The zero-order chi connectivity index (χ0) is 55.5. The van der Waals surface area contributed by atoms with E-state index in [1.807, 2.05) is 131 Å². The second kappa shape index (κ2) is 18.0. The number of rotatable bonds is 6. The van der Waals surface area contributed by atoms with Crippen LogP contribution >= 0.6 is 0 Å². The van der Waals surface area contributed by atoms with Crippen LogP contribution in [0.5, 0.6) is 23.0 Å². The van der Waals surface area contributed by atoms with Crippen LogP contribution in [-0.4, -0.2) is 14.1 Å². The van der Waals surface area contributed by atoms with Gasteiger partial charge in [0, 0.05) is 38.5 Å². The average molecular weight is 1120 g/mol. The first kappa shape index (κ1) is 35.6. The maximum atomic E-state index is 9.16. The van der Waals surface area contributed by atoms with Gasteiger partial charge in [-0.3, -0.25) is 4.57 Å². The van der Waals surface area contributed by atoms with Gasteiger partial charge in [0.05, 0.1) is 34.7 Å². The van der Waals surface area contributed by atoms with Crippen LogP contribution in [0.4, 0.5) is 17.1 Å². The zero-order valence-electron chi connectivity index (χ0n) is 48.0. The molecule has 350 valence electrons. The summed E-state index contributed by atoms with van der Waals surface area (Å²) < 4.78 is 98.5. The van der Waals surface area contributed by atoms with Crippen LogP contribution < -0.4 is 18.9 Å². The standard InChI is InChI=1S/C64H45N5O2.Pt/c1-64(2,3)45-36-37-65-62(38-45)69-52-29-11-10-26-50(52)51-40-61-57(41-56(51)69)68(55-32-14-15-33-58(55)70-59-34-16-17-35-60(59)71-61)47-25-18-24-46(39-47)66-42-67(54-31-13-12-30-53(54)66)63-48(43-20-6-4-7-21-43)27-19-28-49(63)44-22-8-5-9-23-44;/h4-38,40H,1-3H3;/q-2;/i4D,5D,6D,7D,8D,9D,20D,21D,22D;. The molecule has 7 nitrogen and oxygen atoms in total. The molecule has 0 amide bonds. The fourth-order valence-corrected chi connectivity index (χ4v) is 9.47. The van der Waals surface area contributed by atoms with Crippen LogP contribution in [-0.2, 0) is 26.5 Å². The maximum absolute atomic E-state index is 9.16. The Morgan fingerprint density at radius 2 is 1.22 bits per heavy atom. The molecule has 12 aromatic rings. The molecule has 72 heavy (non-hydrogen) atoms. The number of pyridine rings is 1. The molecule has 0 fully saturated rings. The number of anilines is 3. The van der Waals surface area contributed by atoms with E-state index in [1.165, 1.54) is 6.07 Å². The third kappa shape index (κ3) is 7.65. The van der Waals surface area contributed by atoms with Gasteiger partial charge in [0.1, 0.15) is 5.82 Å². The molecule has 0 aliphatic carbocycles. The third-order valence-corrected chi connectivity index (χ3v) is 12.8. The van der Waals surface area contributed by atoms with E-state index >= 15 is 0 Å². The van der Waals surface area contributed by atoms with Crippen molar-refractivity contribution < 1.29 is 47.4 Å². The molecule has 0 atom stereocenters. The molecule has 9 aromatic carbocycles. The van der Waals surface area contributed by atoms with Gasteiger partial charge in [-0.2, -0.15) is 18.2 Å². The van der Waals surface area contributed by atoms with Crippen molar-refractivity contribution in [3.63, 3.8) is 0 Å². The summed E-state index contributed by atoms with van der Waals surface area (Å²) in [5.74, 6) is 2.73. The average Bonchev–Trinajstić information content (AvgIpc) is 4.11. The Bertz CT molecular complexity index is 4550. The number of fused-ring (bicyclic) bond motifs is 7. The third-order valence-electron chi connectivity index (χ3n) is 12.8. The van der Waals surface area contributed by atoms with Crippen LogP contribution in [0, 0.1) is 18.5 Å². The summed E-state index contributed by atoms with van der Waals surface area (Å²) in [6, 6.07) is 52.9. The molecular formula is C64H45N5O2Pt-2. The fourth-order valence-electron chi connectivity index (χ4n) is 9.47. The quantitative estimate of drug-likeness (QED) is 0.123. The molecule has 0 saturated heterocycles. The van der Waals surface area contributed by atoms with Crippen molar-refractivity contribution in [1.82, 2.24) is 14.1 Å². The number of ether oxygens (including phenoxy) is 2. The van der Waals surface area contributed by atoms with E-state index in [0.29, 0.717) is 62.3 Å². The fraction of sp³-hybridized carbons (Fsp3) is 0.0625. The second-order valence-electron chi connectivity index (χ2n) is 18.2. The molecule has 3 aromatic heterocycles. The number of hydrogen-bond acceptors (Lipinski definition) is 4. The van der Waals surface area contributed by atoms with Crippen LogP contribution in [0.1, 0.15) is 38.7 Å². The number of hydrogen-bond donors (Lipinski definition) is 0. The van der Waals surface area contributed by atoms with Gasteiger partial charge in [0.2, 0.25) is 0 Å². The van der Waals surface area contributed by atoms with Gasteiger partial charge in [-0.25, -0.2) is 4.98 Å². The van der Waals surface area contributed by atoms with Gasteiger partial charge in [-0.15, -0.1) is 18.2 Å². The molecule has 1 aliphatic heterocycles.